The van der Waals surface area contributed by atoms with Crippen LogP contribution in [0, 0.1) is 10.1 Å². The highest BCUT2D eigenvalue weighted by Gasteiger charge is 2.19. The van der Waals surface area contributed by atoms with Crippen LogP contribution in [-0.2, 0) is 0 Å². The van der Waals surface area contributed by atoms with E-state index in [1.807, 2.05) is 0 Å². The van der Waals surface area contributed by atoms with Crippen LogP contribution in [0.4, 0.5) is 11.6 Å². The molecule has 1 atom stereocenters. The molecule has 2 heterocycles. The van der Waals surface area contributed by atoms with Crippen LogP contribution in [0.15, 0.2) is 18.2 Å². The van der Waals surface area contributed by atoms with Crippen molar-refractivity contribution in [1.29, 1.82) is 0 Å². The number of benzene rings is 1. The van der Waals surface area contributed by atoms with Gasteiger partial charge < -0.3 is 15.2 Å². The minimum atomic E-state index is -0.396. The molecule has 0 aliphatic carbocycles. The summed E-state index contributed by atoms with van der Waals surface area (Å²) >= 11 is 0. The number of non-ortho nitro benzene ring substituents is 1. The van der Waals surface area contributed by atoms with Crippen molar-refractivity contribution in [2.75, 3.05) is 24.5 Å². The van der Waals surface area contributed by atoms with Crippen molar-refractivity contribution in [1.82, 2.24) is 15.3 Å². The predicted molar refractivity (Wildman–Crippen MR) is 79.7 cm³/mol. The number of piperazine rings is 1. The third-order valence-corrected chi connectivity index (χ3v) is 3.33. The fourth-order valence-electron chi connectivity index (χ4n) is 2.37. The lowest BCUT2D eigenvalue weighted by Crippen LogP contribution is -2.49. The Bertz CT molecular complexity index is 629. The molecule has 0 amide bonds. The first-order valence-corrected chi connectivity index (χ1v) is 6.26. The van der Waals surface area contributed by atoms with Crippen LogP contribution in [0.2, 0.25) is 0 Å². The van der Waals surface area contributed by atoms with Gasteiger partial charge >= 0.3 is 0 Å². The number of nitro benzene ring substituents is 1. The minimum Gasteiger partial charge on any atom is -0.340 e. The van der Waals surface area contributed by atoms with Crippen molar-refractivity contribution in [3.8, 4) is 0 Å². The second kappa shape index (κ2) is 5.64. The van der Waals surface area contributed by atoms with E-state index >= 15 is 0 Å². The Hall–Kier alpha value is -1.86. The number of aromatic amines is 1. The molecule has 7 nitrogen and oxygen atoms in total. The smallest absolute Gasteiger partial charge is 0.271 e. The Morgan fingerprint density at radius 3 is 3.00 bits per heavy atom. The first-order valence-electron chi connectivity index (χ1n) is 6.26. The molecule has 108 valence electrons. The van der Waals surface area contributed by atoms with E-state index in [1.165, 1.54) is 12.1 Å². The third-order valence-electron chi connectivity index (χ3n) is 3.33. The number of nitro groups is 1. The molecular formula is C12H16ClN5O2. The molecule has 1 aromatic carbocycles. The largest absolute Gasteiger partial charge is 0.340 e. The maximum Gasteiger partial charge on any atom is 0.271 e. The Morgan fingerprint density at radius 1 is 1.50 bits per heavy atom. The first-order chi connectivity index (χ1) is 9.13. The number of halogens is 1. The molecule has 0 radical (unpaired) electrons. The average Bonchev–Trinajstić information content (AvgIpc) is 2.81. The van der Waals surface area contributed by atoms with Crippen molar-refractivity contribution in [2.45, 2.75) is 13.0 Å². The lowest BCUT2D eigenvalue weighted by molar-refractivity contribution is -0.384. The molecule has 20 heavy (non-hydrogen) atoms. The summed E-state index contributed by atoms with van der Waals surface area (Å²) in [6.45, 7) is 4.80. The van der Waals surface area contributed by atoms with Gasteiger partial charge in [0.25, 0.3) is 5.69 Å². The van der Waals surface area contributed by atoms with Gasteiger partial charge in [-0.25, -0.2) is 4.98 Å². The maximum atomic E-state index is 10.7. The average molecular weight is 298 g/mol. The van der Waals surface area contributed by atoms with Crippen LogP contribution >= 0.6 is 12.4 Å². The van der Waals surface area contributed by atoms with Crippen LogP contribution in [0.5, 0.6) is 0 Å². The molecule has 1 aromatic heterocycles. The van der Waals surface area contributed by atoms with Crippen molar-refractivity contribution < 1.29 is 4.92 Å². The topological polar surface area (TPSA) is 87.1 Å². The van der Waals surface area contributed by atoms with Gasteiger partial charge in [-0.05, 0) is 13.0 Å². The predicted octanol–water partition coefficient (Wildman–Crippen LogP) is 1.69. The quantitative estimate of drug-likeness (QED) is 0.650. The lowest BCUT2D eigenvalue weighted by atomic mass is 10.2. The zero-order valence-corrected chi connectivity index (χ0v) is 11.8. The van der Waals surface area contributed by atoms with Crippen molar-refractivity contribution in [3.63, 3.8) is 0 Å². The van der Waals surface area contributed by atoms with Crippen LogP contribution in [0.25, 0.3) is 11.0 Å². The molecule has 0 bridgehead atoms. The third kappa shape index (κ3) is 2.68. The van der Waals surface area contributed by atoms with Gasteiger partial charge in [0.15, 0.2) is 0 Å². The molecule has 3 rings (SSSR count). The van der Waals surface area contributed by atoms with E-state index in [0.717, 1.165) is 31.1 Å². The lowest BCUT2D eigenvalue weighted by Gasteiger charge is -2.31. The molecule has 8 heteroatoms. The molecule has 2 aromatic rings. The van der Waals surface area contributed by atoms with E-state index in [0.29, 0.717) is 11.6 Å². The van der Waals surface area contributed by atoms with E-state index in [2.05, 4.69) is 27.1 Å². The van der Waals surface area contributed by atoms with Crippen molar-refractivity contribution in [2.24, 2.45) is 0 Å². The monoisotopic (exact) mass is 297 g/mol. The van der Waals surface area contributed by atoms with E-state index in [9.17, 15) is 10.1 Å². The SMILES string of the molecule is CC1CN(c2nc3ccc([N+](=O)[O-])cc3[nH]2)CCN1.Cl. The number of imidazole rings is 1. The second-order valence-corrected chi connectivity index (χ2v) is 4.82. The number of fused-ring (bicyclic) bond motifs is 1. The Kier molecular flexibility index (Phi) is 4.10. The summed E-state index contributed by atoms with van der Waals surface area (Å²) in [4.78, 5) is 20.2. The first kappa shape index (κ1) is 14.5. The van der Waals surface area contributed by atoms with Crippen molar-refractivity contribution >= 4 is 35.1 Å². The number of nitrogens with one attached hydrogen (secondary N) is 2. The molecule has 2 N–H and O–H groups in total. The molecule has 0 spiro atoms. The summed E-state index contributed by atoms with van der Waals surface area (Å²) in [5, 5.41) is 14.1. The number of anilines is 1. The number of H-pyrrole nitrogens is 1. The number of nitrogens with zero attached hydrogens (tertiary/aromatic N) is 3. The van der Waals surface area contributed by atoms with Gasteiger partial charge in [-0.1, -0.05) is 0 Å². The van der Waals surface area contributed by atoms with Gasteiger partial charge in [-0.3, -0.25) is 10.1 Å². The standard InChI is InChI=1S/C12H15N5O2.ClH/c1-8-7-16(5-4-13-8)12-14-10-3-2-9(17(18)19)6-11(10)15-12;/h2-3,6,8,13H,4-5,7H2,1H3,(H,14,15);1H. The van der Waals surface area contributed by atoms with Crippen molar-refractivity contribution in [3.05, 3.63) is 28.3 Å². The van der Waals surface area contributed by atoms with Crippen LogP contribution in [-0.4, -0.2) is 40.6 Å². The van der Waals surface area contributed by atoms with E-state index in [-0.39, 0.29) is 18.1 Å². The molecule has 1 fully saturated rings. The zero-order valence-electron chi connectivity index (χ0n) is 11.0. The molecule has 1 unspecified atom stereocenters. The van der Waals surface area contributed by atoms with E-state index < -0.39 is 4.92 Å². The zero-order chi connectivity index (χ0) is 13.4. The van der Waals surface area contributed by atoms with Gasteiger partial charge in [-0.2, -0.15) is 0 Å². The van der Waals surface area contributed by atoms with Gasteiger partial charge in [0.05, 0.1) is 16.0 Å². The number of hydrogen-bond donors (Lipinski definition) is 2. The van der Waals surface area contributed by atoms with E-state index in [4.69, 9.17) is 0 Å². The normalized spacial score (nSPS) is 18.9. The molecular weight excluding hydrogens is 282 g/mol. The summed E-state index contributed by atoms with van der Waals surface area (Å²) in [6, 6.07) is 5.10. The fraction of sp³-hybridized carbons (Fsp3) is 0.417. The summed E-state index contributed by atoms with van der Waals surface area (Å²) in [6.07, 6.45) is 0. The summed E-state index contributed by atoms with van der Waals surface area (Å²) in [5.41, 5.74) is 1.54. The Morgan fingerprint density at radius 2 is 2.30 bits per heavy atom. The summed E-state index contributed by atoms with van der Waals surface area (Å²) in [7, 11) is 0. The van der Waals surface area contributed by atoms with E-state index in [1.54, 1.807) is 6.07 Å². The minimum absolute atomic E-state index is 0. The summed E-state index contributed by atoms with van der Waals surface area (Å²) in [5.74, 6) is 0.781. The van der Waals surface area contributed by atoms with Gasteiger partial charge in [0, 0.05) is 37.8 Å². The van der Waals surface area contributed by atoms with Gasteiger partial charge in [0.2, 0.25) is 5.95 Å². The van der Waals surface area contributed by atoms with Crippen LogP contribution in [0.1, 0.15) is 6.92 Å². The summed E-state index contributed by atoms with van der Waals surface area (Å²) < 4.78 is 0. The number of hydrogen-bond acceptors (Lipinski definition) is 5. The Labute approximate surface area is 121 Å². The second-order valence-electron chi connectivity index (χ2n) is 4.82. The molecule has 1 aliphatic heterocycles. The highest BCUT2D eigenvalue weighted by molar-refractivity contribution is 5.85. The number of aromatic nitrogens is 2. The molecule has 0 saturated carbocycles. The van der Waals surface area contributed by atoms with Gasteiger partial charge in [0.1, 0.15) is 0 Å². The maximum absolute atomic E-state index is 10.7. The molecule has 1 aliphatic rings. The number of rotatable bonds is 2. The Balaban J connectivity index is 0.00000147. The fourth-order valence-corrected chi connectivity index (χ4v) is 2.37. The highest BCUT2D eigenvalue weighted by Crippen LogP contribution is 2.22. The van der Waals surface area contributed by atoms with Crippen LogP contribution in [0.3, 0.4) is 0 Å². The van der Waals surface area contributed by atoms with Gasteiger partial charge in [-0.15, -0.1) is 12.4 Å². The highest BCUT2D eigenvalue weighted by atomic mass is 35.5. The molecule has 1 saturated heterocycles. The van der Waals surface area contributed by atoms with Crippen LogP contribution < -0.4 is 10.2 Å².